The molecule has 1 atom stereocenters. The summed E-state index contributed by atoms with van der Waals surface area (Å²) in [4.78, 5) is 0. The lowest BCUT2D eigenvalue weighted by Gasteiger charge is -2.12. The molecule has 2 N–H and O–H groups in total. The third-order valence-corrected chi connectivity index (χ3v) is 3.04. The van der Waals surface area contributed by atoms with Gasteiger partial charge in [0.1, 0.15) is 0 Å². The van der Waals surface area contributed by atoms with Crippen molar-refractivity contribution in [3.05, 3.63) is 34.9 Å². The van der Waals surface area contributed by atoms with Gasteiger partial charge in [-0.05, 0) is 29.5 Å². The van der Waals surface area contributed by atoms with E-state index in [4.69, 9.17) is 15.2 Å². The third-order valence-electron chi connectivity index (χ3n) is 3.04. The van der Waals surface area contributed by atoms with Gasteiger partial charge in [-0.2, -0.15) is 0 Å². The van der Waals surface area contributed by atoms with Crippen molar-refractivity contribution in [1.29, 1.82) is 0 Å². The summed E-state index contributed by atoms with van der Waals surface area (Å²) in [5.74, 6) is 0. The minimum Gasteiger partial charge on any atom is -0.385 e. The van der Waals surface area contributed by atoms with E-state index in [2.05, 4.69) is 18.2 Å². The van der Waals surface area contributed by atoms with E-state index in [1.165, 1.54) is 16.7 Å². The maximum Gasteiger partial charge on any atom is 0.0725 e. The van der Waals surface area contributed by atoms with E-state index < -0.39 is 0 Å². The molecule has 0 bridgehead atoms. The minimum absolute atomic E-state index is 0.112. The second-order valence-electron chi connectivity index (χ2n) is 4.26. The van der Waals surface area contributed by atoms with Gasteiger partial charge in [-0.25, -0.2) is 0 Å². The molecule has 1 aromatic carbocycles. The van der Waals surface area contributed by atoms with Gasteiger partial charge >= 0.3 is 0 Å². The lowest BCUT2D eigenvalue weighted by molar-refractivity contribution is 0.134. The average Bonchev–Trinajstić information content (AvgIpc) is 2.76. The Balaban J connectivity index is 1.98. The Morgan fingerprint density at radius 1 is 1.38 bits per heavy atom. The summed E-state index contributed by atoms with van der Waals surface area (Å²) in [5, 5.41) is 0. The Labute approximate surface area is 96.5 Å². The number of ether oxygens (including phenoxy) is 2. The quantitative estimate of drug-likeness (QED) is 0.775. The normalized spacial score (nSPS) is 16.1. The van der Waals surface area contributed by atoms with Crippen LogP contribution in [0.2, 0.25) is 0 Å². The van der Waals surface area contributed by atoms with Crippen molar-refractivity contribution in [3.63, 3.8) is 0 Å². The fourth-order valence-electron chi connectivity index (χ4n) is 2.04. The standard InChI is InChI=1S/C13H19NO2/c1-15-6-2-3-13(14)10-4-5-11-8-16-9-12(11)7-10/h4-5,7,13H,2-3,6,8-9,14H2,1H3. The van der Waals surface area contributed by atoms with Crippen LogP contribution in [0.25, 0.3) is 0 Å². The average molecular weight is 221 g/mol. The molecule has 0 aliphatic carbocycles. The van der Waals surface area contributed by atoms with E-state index >= 15 is 0 Å². The first-order valence-electron chi connectivity index (χ1n) is 5.75. The molecule has 0 saturated carbocycles. The Kier molecular flexibility index (Phi) is 3.93. The Bertz CT molecular complexity index is 352. The molecule has 3 heteroatoms. The number of fused-ring (bicyclic) bond motifs is 1. The maximum absolute atomic E-state index is 6.13. The van der Waals surface area contributed by atoms with Gasteiger partial charge in [0.05, 0.1) is 13.2 Å². The molecule has 1 heterocycles. The molecule has 16 heavy (non-hydrogen) atoms. The van der Waals surface area contributed by atoms with Crippen molar-refractivity contribution in [2.45, 2.75) is 32.1 Å². The third kappa shape index (κ3) is 2.61. The summed E-state index contributed by atoms with van der Waals surface area (Å²) in [5.41, 5.74) is 9.93. The first-order valence-corrected chi connectivity index (χ1v) is 5.75. The summed E-state index contributed by atoms with van der Waals surface area (Å²) in [6.45, 7) is 2.25. The van der Waals surface area contributed by atoms with Gasteiger partial charge in [-0.15, -0.1) is 0 Å². The van der Waals surface area contributed by atoms with Crippen molar-refractivity contribution in [2.75, 3.05) is 13.7 Å². The van der Waals surface area contributed by atoms with Crippen molar-refractivity contribution < 1.29 is 9.47 Å². The van der Waals surface area contributed by atoms with Crippen LogP contribution in [0.1, 0.15) is 35.6 Å². The second kappa shape index (κ2) is 5.43. The fraction of sp³-hybridized carbons (Fsp3) is 0.538. The molecule has 0 spiro atoms. The Hall–Kier alpha value is -0.900. The van der Waals surface area contributed by atoms with E-state index in [0.29, 0.717) is 0 Å². The Morgan fingerprint density at radius 3 is 3.00 bits per heavy atom. The number of rotatable bonds is 5. The van der Waals surface area contributed by atoms with Gasteiger partial charge < -0.3 is 15.2 Å². The predicted octanol–water partition coefficient (Wildman–Crippen LogP) is 2.14. The summed E-state index contributed by atoms with van der Waals surface area (Å²) in [6.07, 6.45) is 1.97. The molecule has 3 nitrogen and oxygen atoms in total. The number of methoxy groups -OCH3 is 1. The molecule has 1 aliphatic rings. The summed E-state index contributed by atoms with van der Waals surface area (Å²) in [6, 6.07) is 6.54. The highest BCUT2D eigenvalue weighted by Crippen LogP contribution is 2.24. The first kappa shape index (κ1) is 11.6. The van der Waals surface area contributed by atoms with Crippen molar-refractivity contribution in [1.82, 2.24) is 0 Å². The topological polar surface area (TPSA) is 44.5 Å². The summed E-state index contributed by atoms with van der Waals surface area (Å²) < 4.78 is 10.4. The van der Waals surface area contributed by atoms with Gasteiger partial charge in [-0.1, -0.05) is 18.2 Å². The van der Waals surface area contributed by atoms with Crippen LogP contribution in [0.15, 0.2) is 18.2 Å². The van der Waals surface area contributed by atoms with Gasteiger partial charge in [0.25, 0.3) is 0 Å². The van der Waals surface area contributed by atoms with Crippen LogP contribution in [0.3, 0.4) is 0 Å². The number of benzene rings is 1. The predicted molar refractivity (Wildman–Crippen MR) is 63.0 cm³/mol. The van der Waals surface area contributed by atoms with E-state index in [1.54, 1.807) is 7.11 Å². The largest absolute Gasteiger partial charge is 0.385 e. The van der Waals surface area contributed by atoms with Crippen molar-refractivity contribution in [2.24, 2.45) is 5.73 Å². The van der Waals surface area contributed by atoms with Crippen LogP contribution >= 0.6 is 0 Å². The molecule has 2 rings (SSSR count). The van der Waals surface area contributed by atoms with Crippen LogP contribution in [-0.2, 0) is 22.7 Å². The van der Waals surface area contributed by atoms with Crippen molar-refractivity contribution >= 4 is 0 Å². The van der Waals surface area contributed by atoms with Crippen LogP contribution in [0.5, 0.6) is 0 Å². The highest BCUT2D eigenvalue weighted by Gasteiger charge is 2.13. The van der Waals surface area contributed by atoms with E-state index in [1.807, 2.05) is 0 Å². The molecule has 0 amide bonds. The Morgan fingerprint density at radius 2 is 2.19 bits per heavy atom. The number of hydrogen-bond acceptors (Lipinski definition) is 3. The minimum atomic E-state index is 0.112. The SMILES string of the molecule is COCCCC(N)c1ccc2c(c1)COC2. The number of nitrogens with two attached hydrogens (primary N) is 1. The number of hydrogen-bond donors (Lipinski definition) is 1. The molecule has 0 saturated heterocycles. The second-order valence-corrected chi connectivity index (χ2v) is 4.26. The molecule has 1 aliphatic heterocycles. The zero-order valence-electron chi connectivity index (χ0n) is 9.74. The molecule has 88 valence electrons. The van der Waals surface area contributed by atoms with E-state index in [9.17, 15) is 0 Å². The highest BCUT2D eigenvalue weighted by molar-refractivity contribution is 5.34. The zero-order chi connectivity index (χ0) is 11.4. The van der Waals surface area contributed by atoms with Crippen molar-refractivity contribution in [3.8, 4) is 0 Å². The molecule has 0 aromatic heterocycles. The van der Waals surface area contributed by atoms with Crippen LogP contribution in [0.4, 0.5) is 0 Å². The maximum atomic E-state index is 6.13. The van der Waals surface area contributed by atoms with Gasteiger partial charge in [0, 0.05) is 19.8 Å². The van der Waals surface area contributed by atoms with Crippen LogP contribution in [-0.4, -0.2) is 13.7 Å². The molecule has 0 fully saturated rings. The van der Waals surface area contributed by atoms with Gasteiger partial charge in [-0.3, -0.25) is 0 Å². The smallest absolute Gasteiger partial charge is 0.0725 e. The zero-order valence-corrected chi connectivity index (χ0v) is 9.74. The summed E-state index contributed by atoms with van der Waals surface area (Å²) >= 11 is 0. The van der Waals surface area contributed by atoms with E-state index in [-0.39, 0.29) is 6.04 Å². The van der Waals surface area contributed by atoms with Crippen LogP contribution in [0, 0.1) is 0 Å². The monoisotopic (exact) mass is 221 g/mol. The lowest BCUT2D eigenvalue weighted by Crippen LogP contribution is -2.11. The van der Waals surface area contributed by atoms with Gasteiger partial charge in [0.15, 0.2) is 0 Å². The van der Waals surface area contributed by atoms with Crippen LogP contribution < -0.4 is 5.73 Å². The molecular weight excluding hydrogens is 202 g/mol. The van der Waals surface area contributed by atoms with Gasteiger partial charge in [0.2, 0.25) is 0 Å². The first-order chi connectivity index (χ1) is 7.81. The van der Waals surface area contributed by atoms with E-state index in [0.717, 1.165) is 32.7 Å². The lowest BCUT2D eigenvalue weighted by atomic mass is 9.99. The fourth-order valence-corrected chi connectivity index (χ4v) is 2.04. The highest BCUT2D eigenvalue weighted by atomic mass is 16.5. The molecule has 0 radical (unpaired) electrons. The molecule has 1 aromatic rings. The molecule has 1 unspecified atom stereocenters. The summed E-state index contributed by atoms with van der Waals surface area (Å²) in [7, 11) is 1.72. The molecular formula is C13H19NO2.